The lowest BCUT2D eigenvalue weighted by atomic mass is 10.2. The topological polar surface area (TPSA) is 34.1 Å². The van der Waals surface area contributed by atoms with Crippen LogP contribution in [0.5, 0.6) is 0 Å². The standard InChI is InChI=1S/C5H9BrO2S/c6-3-5-1-2-9(7,8)4-5/h5H,1-4H2. The van der Waals surface area contributed by atoms with E-state index in [-0.39, 0.29) is 0 Å². The molecule has 0 aromatic rings. The van der Waals surface area contributed by atoms with Crippen LogP contribution in [0.25, 0.3) is 0 Å². The molecule has 0 aromatic heterocycles. The van der Waals surface area contributed by atoms with Gasteiger partial charge in [-0.3, -0.25) is 0 Å². The van der Waals surface area contributed by atoms with E-state index in [1.807, 2.05) is 0 Å². The van der Waals surface area contributed by atoms with Crippen molar-refractivity contribution in [3.63, 3.8) is 0 Å². The zero-order valence-corrected chi connectivity index (χ0v) is 7.41. The fraction of sp³-hybridized carbons (Fsp3) is 1.00. The van der Waals surface area contributed by atoms with E-state index in [0.29, 0.717) is 17.4 Å². The minimum Gasteiger partial charge on any atom is -0.229 e. The van der Waals surface area contributed by atoms with Gasteiger partial charge in [0.1, 0.15) is 0 Å². The monoisotopic (exact) mass is 212 g/mol. The summed E-state index contributed by atoms with van der Waals surface area (Å²) in [6.45, 7) is 0. The van der Waals surface area contributed by atoms with Crippen molar-refractivity contribution in [2.24, 2.45) is 5.92 Å². The van der Waals surface area contributed by atoms with Crippen LogP contribution in [0.1, 0.15) is 6.42 Å². The second-order valence-electron chi connectivity index (χ2n) is 2.42. The van der Waals surface area contributed by atoms with Crippen LogP contribution in [0.3, 0.4) is 0 Å². The Labute approximate surface area is 63.7 Å². The van der Waals surface area contributed by atoms with Crippen molar-refractivity contribution in [3.8, 4) is 0 Å². The predicted molar refractivity (Wildman–Crippen MR) is 40.6 cm³/mol. The highest BCUT2D eigenvalue weighted by Crippen LogP contribution is 2.19. The van der Waals surface area contributed by atoms with Crippen LogP contribution in [0.15, 0.2) is 0 Å². The Kier molecular flexibility index (Phi) is 2.16. The van der Waals surface area contributed by atoms with Gasteiger partial charge in [0.2, 0.25) is 0 Å². The first-order valence-electron chi connectivity index (χ1n) is 2.90. The van der Waals surface area contributed by atoms with Gasteiger partial charge in [0.25, 0.3) is 0 Å². The smallest absolute Gasteiger partial charge is 0.150 e. The maximum absolute atomic E-state index is 10.8. The molecule has 1 aliphatic rings. The average molecular weight is 213 g/mol. The molecule has 9 heavy (non-hydrogen) atoms. The van der Waals surface area contributed by atoms with Crippen LogP contribution in [-0.2, 0) is 9.84 Å². The van der Waals surface area contributed by atoms with Crippen LogP contribution in [0.4, 0.5) is 0 Å². The highest BCUT2D eigenvalue weighted by molar-refractivity contribution is 9.09. The highest BCUT2D eigenvalue weighted by Gasteiger charge is 2.26. The number of halogens is 1. The molecular formula is C5H9BrO2S. The van der Waals surface area contributed by atoms with Gasteiger partial charge in [0.05, 0.1) is 11.5 Å². The largest absolute Gasteiger partial charge is 0.229 e. The normalized spacial score (nSPS) is 32.8. The molecule has 2 nitrogen and oxygen atoms in total. The van der Waals surface area contributed by atoms with Gasteiger partial charge < -0.3 is 0 Å². The van der Waals surface area contributed by atoms with E-state index >= 15 is 0 Å². The van der Waals surface area contributed by atoms with Crippen LogP contribution in [-0.4, -0.2) is 25.3 Å². The van der Waals surface area contributed by atoms with Crippen molar-refractivity contribution in [3.05, 3.63) is 0 Å². The number of hydrogen-bond acceptors (Lipinski definition) is 2. The van der Waals surface area contributed by atoms with Gasteiger partial charge in [-0.15, -0.1) is 0 Å². The van der Waals surface area contributed by atoms with Gasteiger partial charge in [-0.25, -0.2) is 8.42 Å². The van der Waals surface area contributed by atoms with Crippen LogP contribution in [0, 0.1) is 5.92 Å². The summed E-state index contributed by atoms with van der Waals surface area (Å²) in [6.07, 6.45) is 0.841. The van der Waals surface area contributed by atoms with Crippen molar-refractivity contribution in [1.29, 1.82) is 0 Å². The van der Waals surface area contributed by atoms with E-state index in [1.165, 1.54) is 0 Å². The summed E-state index contributed by atoms with van der Waals surface area (Å²) in [5.41, 5.74) is 0. The van der Waals surface area contributed by atoms with Crippen LogP contribution >= 0.6 is 15.9 Å². The van der Waals surface area contributed by atoms with E-state index in [4.69, 9.17) is 0 Å². The predicted octanol–water partition coefficient (Wildman–Crippen LogP) is 0.816. The maximum Gasteiger partial charge on any atom is 0.150 e. The molecule has 1 aliphatic heterocycles. The minimum atomic E-state index is -2.64. The number of alkyl halides is 1. The zero-order chi connectivity index (χ0) is 6.91. The van der Waals surface area contributed by atoms with Crippen LogP contribution in [0.2, 0.25) is 0 Å². The van der Waals surface area contributed by atoms with Gasteiger partial charge in [-0.05, 0) is 12.3 Å². The summed E-state index contributed by atoms with van der Waals surface area (Å²) in [5.74, 6) is 1.15. The third-order valence-electron chi connectivity index (χ3n) is 1.54. The van der Waals surface area contributed by atoms with E-state index < -0.39 is 9.84 Å². The lowest BCUT2D eigenvalue weighted by molar-refractivity contribution is 0.600. The molecule has 1 atom stereocenters. The third kappa shape index (κ3) is 1.93. The van der Waals surface area contributed by atoms with E-state index in [0.717, 1.165) is 11.8 Å². The summed E-state index contributed by atoms with van der Waals surface area (Å²) in [6, 6.07) is 0. The summed E-state index contributed by atoms with van der Waals surface area (Å²) in [5, 5.41) is 0.826. The van der Waals surface area contributed by atoms with E-state index in [1.54, 1.807) is 0 Å². The summed E-state index contributed by atoms with van der Waals surface area (Å²) in [4.78, 5) is 0. The fourth-order valence-electron chi connectivity index (χ4n) is 0.994. The second kappa shape index (κ2) is 2.58. The lowest BCUT2D eigenvalue weighted by Gasteiger charge is -1.96. The molecule has 0 saturated carbocycles. The molecule has 0 amide bonds. The first kappa shape index (κ1) is 7.54. The van der Waals surface area contributed by atoms with Crippen molar-refractivity contribution >= 4 is 25.8 Å². The average Bonchev–Trinajstić information content (AvgIpc) is 2.10. The highest BCUT2D eigenvalue weighted by atomic mass is 79.9. The maximum atomic E-state index is 10.8. The first-order chi connectivity index (χ1) is 4.14. The fourth-order valence-corrected chi connectivity index (χ4v) is 3.71. The van der Waals surface area contributed by atoms with Crippen molar-refractivity contribution < 1.29 is 8.42 Å². The Morgan fingerprint density at radius 2 is 2.22 bits per heavy atom. The summed E-state index contributed by atoms with van der Waals surface area (Å²) >= 11 is 3.26. The molecule has 1 rings (SSSR count). The van der Waals surface area contributed by atoms with Gasteiger partial charge in [-0.2, -0.15) is 0 Å². The molecule has 0 spiro atoms. The van der Waals surface area contributed by atoms with E-state index in [2.05, 4.69) is 15.9 Å². The molecule has 0 aliphatic carbocycles. The summed E-state index contributed by atoms with van der Waals surface area (Å²) < 4.78 is 21.6. The van der Waals surface area contributed by atoms with Crippen LogP contribution < -0.4 is 0 Å². The molecular weight excluding hydrogens is 204 g/mol. The Morgan fingerprint density at radius 1 is 1.56 bits per heavy atom. The van der Waals surface area contributed by atoms with Crippen molar-refractivity contribution in [1.82, 2.24) is 0 Å². The molecule has 1 heterocycles. The van der Waals surface area contributed by atoms with Gasteiger partial charge in [0, 0.05) is 5.33 Å². The van der Waals surface area contributed by atoms with E-state index in [9.17, 15) is 8.42 Å². The first-order valence-corrected chi connectivity index (χ1v) is 5.85. The lowest BCUT2D eigenvalue weighted by Crippen LogP contribution is -2.05. The molecule has 1 saturated heterocycles. The molecule has 0 N–H and O–H groups in total. The number of rotatable bonds is 1. The molecule has 54 valence electrons. The second-order valence-corrected chi connectivity index (χ2v) is 5.30. The molecule has 4 heteroatoms. The summed E-state index contributed by atoms with van der Waals surface area (Å²) in [7, 11) is -2.64. The SMILES string of the molecule is O=S1(=O)CCC(CBr)C1. The Balaban J connectivity index is 2.58. The zero-order valence-electron chi connectivity index (χ0n) is 5.01. The molecule has 1 unspecified atom stereocenters. The van der Waals surface area contributed by atoms with Gasteiger partial charge in [-0.1, -0.05) is 15.9 Å². The minimum absolute atomic E-state index is 0.370. The quantitative estimate of drug-likeness (QED) is 0.604. The Hall–Kier alpha value is 0.430. The third-order valence-corrected chi connectivity index (χ3v) is 4.30. The number of sulfone groups is 1. The molecule has 1 fully saturated rings. The Bertz CT molecular complexity index is 185. The molecule has 0 aromatic carbocycles. The van der Waals surface area contributed by atoms with Crippen molar-refractivity contribution in [2.75, 3.05) is 16.8 Å². The Morgan fingerprint density at radius 3 is 2.44 bits per heavy atom. The number of hydrogen-bond donors (Lipinski definition) is 0. The van der Waals surface area contributed by atoms with Gasteiger partial charge >= 0.3 is 0 Å². The molecule has 0 radical (unpaired) electrons. The molecule has 0 bridgehead atoms. The van der Waals surface area contributed by atoms with Gasteiger partial charge in [0.15, 0.2) is 9.84 Å². The van der Waals surface area contributed by atoms with Crippen molar-refractivity contribution in [2.45, 2.75) is 6.42 Å².